The number of Topliss-reactive ketones (excluding diaryl/α,β-unsaturated/α-hetero) is 1. The molecule has 0 radical (unpaired) electrons. The second-order valence-corrected chi connectivity index (χ2v) is 6.50. The Bertz CT molecular complexity index is 1050. The molecule has 0 saturated carbocycles. The van der Waals surface area contributed by atoms with Crippen molar-refractivity contribution in [2.45, 2.75) is 33.2 Å². The number of rotatable bonds is 5. The first-order valence-electron chi connectivity index (χ1n) is 8.96. The molecule has 4 N–H and O–H groups in total. The van der Waals surface area contributed by atoms with Crippen molar-refractivity contribution in [3.8, 4) is 11.3 Å². The van der Waals surface area contributed by atoms with Crippen molar-refractivity contribution in [3.05, 3.63) is 42.4 Å². The molecule has 0 bridgehead atoms. The summed E-state index contributed by atoms with van der Waals surface area (Å²) in [5, 5.41) is 6.67. The molecular formula is C20H22N6O2. The number of ketones is 1. The highest BCUT2D eigenvalue weighted by Gasteiger charge is 2.13. The Kier molecular flexibility index (Phi) is 5.49. The van der Waals surface area contributed by atoms with Crippen molar-refractivity contribution in [2.24, 2.45) is 0 Å². The van der Waals surface area contributed by atoms with Gasteiger partial charge in [0.1, 0.15) is 11.6 Å². The van der Waals surface area contributed by atoms with E-state index in [9.17, 15) is 9.59 Å². The maximum absolute atomic E-state index is 12.0. The van der Waals surface area contributed by atoms with E-state index >= 15 is 0 Å². The monoisotopic (exact) mass is 378 g/mol. The molecule has 3 aromatic rings. The van der Waals surface area contributed by atoms with E-state index in [-0.39, 0.29) is 5.78 Å². The Morgan fingerprint density at radius 1 is 1.25 bits per heavy atom. The highest BCUT2D eigenvalue weighted by atomic mass is 16.2. The summed E-state index contributed by atoms with van der Waals surface area (Å²) in [5.41, 5.74) is 8.87. The fourth-order valence-electron chi connectivity index (χ4n) is 2.79. The fourth-order valence-corrected chi connectivity index (χ4v) is 2.79. The van der Waals surface area contributed by atoms with Gasteiger partial charge >= 0.3 is 6.03 Å². The fraction of sp³-hybridized carbons (Fsp3) is 0.250. The largest absolute Gasteiger partial charge is 0.383 e. The van der Waals surface area contributed by atoms with E-state index in [0.717, 1.165) is 22.9 Å². The number of aromatic nitrogens is 3. The lowest BCUT2D eigenvalue weighted by Crippen LogP contribution is -2.40. The van der Waals surface area contributed by atoms with Crippen LogP contribution < -0.4 is 16.4 Å². The van der Waals surface area contributed by atoms with Crippen molar-refractivity contribution in [1.29, 1.82) is 0 Å². The number of nitrogens with one attached hydrogen (secondary N) is 2. The Balaban J connectivity index is 1.95. The first-order valence-corrected chi connectivity index (χ1v) is 8.96. The van der Waals surface area contributed by atoms with Crippen LogP contribution in [0.2, 0.25) is 0 Å². The van der Waals surface area contributed by atoms with Crippen molar-refractivity contribution in [2.75, 3.05) is 11.1 Å². The molecule has 2 amide bonds. The normalized spacial score (nSPS) is 11.8. The number of amides is 2. The first kappa shape index (κ1) is 19.2. The molecular weight excluding hydrogens is 356 g/mol. The van der Waals surface area contributed by atoms with Gasteiger partial charge in [0.05, 0.1) is 11.7 Å². The standard InChI is InChI=1S/C20H22N6O2/c1-4-13-5-6-22-9-15(13)17-7-14-8-18(23-10-16(14)19(21)25-17)26-20(28)24-11(2)12(3)27/h5-11H,4H2,1-3H3,(H2,21,25)(H2,23,24,26,28). The van der Waals surface area contributed by atoms with Gasteiger partial charge < -0.3 is 11.1 Å². The van der Waals surface area contributed by atoms with Gasteiger partial charge in [-0.05, 0) is 49.4 Å². The minimum Gasteiger partial charge on any atom is -0.383 e. The molecule has 144 valence electrons. The summed E-state index contributed by atoms with van der Waals surface area (Å²) in [4.78, 5) is 36.2. The summed E-state index contributed by atoms with van der Waals surface area (Å²) in [6, 6.07) is 4.49. The first-order chi connectivity index (χ1) is 13.4. The number of pyridine rings is 3. The van der Waals surface area contributed by atoms with Crippen LogP contribution in [0.1, 0.15) is 26.3 Å². The molecule has 3 heterocycles. The van der Waals surface area contributed by atoms with E-state index in [1.165, 1.54) is 6.92 Å². The van der Waals surface area contributed by atoms with Gasteiger partial charge in [0.15, 0.2) is 5.78 Å². The summed E-state index contributed by atoms with van der Waals surface area (Å²) < 4.78 is 0. The number of anilines is 2. The quantitative estimate of drug-likeness (QED) is 0.627. The van der Waals surface area contributed by atoms with Crippen LogP contribution in [0.25, 0.3) is 22.0 Å². The zero-order valence-electron chi connectivity index (χ0n) is 16.0. The van der Waals surface area contributed by atoms with Gasteiger partial charge in [0.25, 0.3) is 0 Å². The number of nitrogen functional groups attached to an aromatic ring is 1. The Hall–Kier alpha value is -3.55. The Labute approximate surface area is 162 Å². The van der Waals surface area contributed by atoms with E-state index in [0.29, 0.717) is 22.7 Å². The summed E-state index contributed by atoms with van der Waals surface area (Å²) in [5.74, 6) is 0.569. The molecule has 3 rings (SSSR count). The van der Waals surface area contributed by atoms with Crippen LogP contribution in [0.5, 0.6) is 0 Å². The highest BCUT2D eigenvalue weighted by molar-refractivity contribution is 5.97. The molecule has 0 aromatic carbocycles. The van der Waals surface area contributed by atoms with E-state index in [4.69, 9.17) is 5.73 Å². The molecule has 8 heteroatoms. The van der Waals surface area contributed by atoms with E-state index in [2.05, 4.69) is 32.5 Å². The molecule has 1 atom stereocenters. The number of hydrogen-bond acceptors (Lipinski definition) is 6. The molecule has 3 aromatic heterocycles. The number of urea groups is 1. The molecule has 0 aliphatic heterocycles. The average Bonchev–Trinajstić information content (AvgIpc) is 2.67. The van der Waals surface area contributed by atoms with E-state index in [1.807, 2.05) is 12.1 Å². The second-order valence-electron chi connectivity index (χ2n) is 6.50. The third-order valence-corrected chi connectivity index (χ3v) is 4.51. The lowest BCUT2D eigenvalue weighted by Gasteiger charge is -2.12. The lowest BCUT2D eigenvalue weighted by atomic mass is 10.0. The van der Waals surface area contributed by atoms with Gasteiger partial charge in [-0.2, -0.15) is 0 Å². The van der Waals surface area contributed by atoms with E-state index < -0.39 is 12.1 Å². The SMILES string of the molecule is CCc1ccncc1-c1cc2cc(NC(=O)NC(C)C(C)=O)ncc2c(N)n1. The lowest BCUT2D eigenvalue weighted by molar-refractivity contribution is -0.118. The van der Waals surface area contributed by atoms with Crippen molar-refractivity contribution in [1.82, 2.24) is 20.3 Å². The topological polar surface area (TPSA) is 123 Å². The highest BCUT2D eigenvalue weighted by Crippen LogP contribution is 2.28. The van der Waals surface area contributed by atoms with E-state index in [1.54, 1.807) is 31.6 Å². The molecule has 28 heavy (non-hydrogen) atoms. The summed E-state index contributed by atoms with van der Waals surface area (Å²) in [6.07, 6.45) is 5.92. The van der Waals surface area contributed by atoms with Gasteiger partial charge in [-0.15, -0.1) is 0 Å². The number of nitrogens with zero attached hydrogens (tertiary/aromatic N) is 3. The average molecular weight is 378 g/mol. The summed E-state index contributed by atoms with van der Waals surface area (Å²) in [6.45, 7) is 5.10. The maximum Gasteiger partial charge on any atom is 0.320 e. The number of aryl methyl sites for hydroxylation is 1. The zero-order chi connectivity index (χ0) is 20.3. The molecule has 0 aliphatic carbocycles. The van der Waals surface area contributed by atoms with Crippen LogP contribution >= 0.6 is 0 Å². The van der Waals surface area contributed by atoms with Crippen LogP contribution in [0.3, 0.4) is 0 Å². The van der Waals surface area contributed by atoms with Gasteiger partial charge in [-0.1, -0.05) is 6.92 Å². The van der Waals surface area contributed by atoms with Crippen LogP contribution in [-0.2, 0) is 11.2 Å². The minimum absolute atomic E-state index is 0.131. The number of hydrogen-bond donors (Lipinski definition) is 3. The van der Waals surface area contributed by atoms with Crippen LogP contribution in [-0.4, -0.2) is 32.8 Å². The third-order valence-electron chi connectivity index (χ3n) is 4.51. The summed E-state index contributed by atoms with van der Waals surface area (Å²) >= 11 is 0. The molecule has 0 aliphatic rings. The van der Waals surface area contributed by atoms with Gasteiger partial charge in [-0.3, -0.25) is 15.1 Å². The van der Waals surface area contributed by atoms with Crippen LogP contribution in [0.4, 0.5) is 16.4 Å². The predicted molar refractivity (Wildman–Crippen MR) is 109 cm³/mol. The van der Waals surface area contributed by atoms with Crippen LogP contribution in [0.15, 0.2) is 36.8 Å². The number of carbonyl (C=O) groups excluding carboxylic acids is 2. The van der Waals surface area contributed by atoms with Crippen LogP contribution in [0, 0.1) is 0 Å². The third kappa shape index (κ3) is 4.06. The Morgan fingerprint density at radius 3 is 2.75 bits per heavy atom. The molecule has 0 saturated heterocycles. The molecule has 0 fully saturated rings. The summed E-state index contributed by atoms with van der Waals surface area (Å²) in [7, 11) is 0. The minimum atomic E-state index is -0.579. The van der Waals surface area contributed by atoms with Gasteiger partial charge in [-0.25, -0.2) is 14.8 Å². The van der Waals surface area contributed by atoms with Gasteiger partial charge in [0.2, 0.25) is 0 Å². The van der Waals surface area contributed by atoms with Crippen molar-refractivity contribution < 1.29 is 9.59 Å². The zero-order valence-corrected chi connectivity index (χ0v) is 16.0. The van der Waals surface area contributed by atoms with Gasteiger partial charge in [0, 0.05) is 29.5 Å². The smallest absolute Gasteiger partial charge is 0.320 e. The number of carbonyl (C=O) groups is 2. The maximum atomic E-state index is 12.0. The molecule has 0 spiro atoms. The second kappa shape index (κ2) is 7.99. The molecule has 1 unspecified atom stereocenters. The number of nitrogens with two attached hydrogens (primary N) is 1. The predicted octanol–water partition coefficient (Wildman–Crippen LogP) is 2.94. The Morgan fingerprint density at radius 2 is 2.04 bits per heavy atom. The number of fused-ring (bicyclic) bond motifs is 1. The van der Waals surface area contributed by atoms with Crippen molar-refractivity contribution in [3.63, 3.8) is 0 Å². The van der Waals surface area contributed by atoms with Crippen molar-refractivity contribution >= 4 is 34.2 Å². The molecule has 8 nitrogen and oxygen atoms in total.